The summed E-state index contributed by atoms with van der Waals surface area (Å²) in [5, 5.41) is 21.6. The van der Waals surface area contributed by atoms with Gasteiger partial charge in [0.2, 0.25) is 0 Å². The van der Waals surface area contributed by atoms with Crippen molar-refractivity contribution in [3.8, 4) is 0 Å². The molecule has 2 aliphatic heterocycles. The van der Waals surface area contributed by atoms with Crippen LogP contribution in [0.5, 0.6) is 0 Å². The van der Waals surface area contributed by atoms with Crippen molar-refractivity contribution in [3.63, 3.8) is 0 Å². The molecule has 2 N–H and O–H groups in total. The molecule has 0 unspecified atom stereocenters. The fraction of sp³-hybridized carbons (Fsp3) is 0.467. The van der Waals surface area contributed by atoms with Crippen LogP contribution in [0.15, 0.2) is 18.2 Å². The Balaban J connectivity index is 1.87. The zero-order chi connectivity index (χ0) is 16.0. The topological polar surface area (TPSA) is 101 Å². The smallest absolute Gasteiger partial charge is 0.270 e. The molecule has 2 aliphatic rings. The summed E-state index contributed by atoms with van der Waals surface area (Å²) >= 11 is 0. The predicted octanol–water partition coefficient (Wildman–Crippen LogP) is 1.29. The summed E-state index contributed by atoms with van der Waals surface area (Å²) in [5.74, 6) is 1.51. The molecule has 1 aromatic heterocycles. The Hall–Kier alpha value is -2.48. The third-order valence-electron chi connectivity index (χ3n) is 4.62. The number of hydrogen-bond donors (Lipinski definition) is 1. The molecule has 0 spiro atoms. The zero-order valence-electron chi connectivity index (χ0n) is 12.7. The van der Waals surface area contributed by atoms with Crippen molar-refractivity contribution in [1.29, 1.82) is 0 Å². The highest BCUT2D eigenvalue weighted by molar-refractivity contribution is 6.00. The maximum absolute atomic E-state index is 11.1. The van der Waals surface area contributed by atoms with E-state index in [0.717, 1.165) is 61.4 Å². The van der Waals surface area contributed by atoms with E-state index in [1.54, 1.807) is 12.1 Å². The van der Waals surface area contributed by atoms with Gasteiger partial charge in [-0.1, -0.05) is 0 Å². The summed E-state index contributed by atoms with van der Waals surface area (Å²) in [6, 6.07) is 5.06. The number of nitrogens with zero attached hydrogens (tertiary/aromatic N) is 5. The second-order valence-electron chi connectivity index (χ2n) is 6.17. The number of nitrogens with two attached hydrogens (primary N) is 1. The summed E-state index contributed by atoms with van der Waals surface area (Å²) in [4.78, 5) is 15.0. The van der Waals surface area contributed by atoms with Gasteiger partial charge in [0.05, 0.1) is 4.92 Å². The van der Waals surface area contributed by atoms with Crippen LogP contribution in [0.4, 0.5) is 17.3 Å². The van der Waals surface area contributed by atoms with Crippen molar-refractivity contribution >= 4 is 28.1 Å². The number of nitro benzene ring substituents is 1. The fourth-order valence-electron chi connectivity index (χ4n) is 3.20. The molecular formula is C15H18N6O2. The van der Waals surface area contributed by atoms with Gasteiger partial charge in [-0.25, -0.2) is 0 Å². The molecule has 3 heterocycles. The summed E-state index contributed by atoms with van der Waals surface area (Å²) in [6.07, 6.45) is 2.03. The van der Waals surface area contributed by atoms with Gasteiger partial charge in [0, 0.05) is 55.1 Å². The molecular weight excluding hydrogens is 296 g/mol. The van der Waals surface area contributed by atoms with Crippen molar-refractivity contribution in [3.05, 3.63) is 28.3 Å². The first-order valence-corrected chi connectivity index (χ1v) is 7.84. The number of aromatic nitrogens is 2. The van der Waals surface area contributed by atoms with Gasteiger partial charge in [0.25, 0.3) is 5.69 Å². The van der Waals surface area contributed by atoms with Crippen molar-refractivity contribution in [2.24, 2.45) is 5.73 Å². The highest BCUT2D eigenvalue weighted by Crippen LogP contribution is 2.35. The van der Waals surface area contributed by atoms with E-state index in [1.165, 1.54) is 6.07 Å². The van der Waals surface area contributed by atoms with E-state index in [1.807, 2.05) is 0 Å². The average molecular weight is 314 g/mol. The third kappa shape index (κ3) is 2.35. The van der Waals surface area contributed by atoms with Crippen molar-refractivity contribution in [1.82, 2.24) is 10.2 Å². The van der Waals surface area contributed by atoms with Crippen LogP contribution in [-0.2, 0) is 0 Å². The second kappa shape index (κ2) is 5.31. The first-order valence-electron chi connectivity index (χ1n) is 7.84. The Labute approximate surface area is 133 Å². The lowest BCUT2D eigenvalue weighted by Crippen LogP contribution is -2.38. The molecule has 23 heavy (non-hydrogen) atoms. The number of anilines is 2. The monoisotopic (exact) mass is 314 g/mol. The van der Waals surface area contributed by atoms with E-state index < -0.39 is 0 Å². The summed E-state index contributed by atoms with van der Waals surface area (Å²) in [5.41, 5.74) is 6.07. The van der Waals surface area contributed by atoms with Crippen LogP contribution in [-0.4, -0.2) is 47.3 Å². The van der Waals surface area contributed by atoms with Gasteiger partial charge in [0.15, 0.2) is 11.6 Å². The van der Waals surface area contributed by atoms with E-state index >= 15 is 0 Å². The molecule has 4 rings (SSSR count). The van der Waals surface area contributed by atoms with Gasteiger partial charge in [-0.05, 0) is 18.9 Å². The number of rotatable bonds is 3. The minimum atomic E-state index is -0.370. The lowest BCUT2D eigenvalue weighted by molar-refractivity contribution is -0.384. The van der Waals surface area contributed by atoms with E-state index in [0.29, 0.717) is 0 Å². The van der Waals surface area contributed by atoms with Gasteiger partial charge in [0.1, 0.15) is 0 Å². The summed E-state index contributed by atoms with van der Waals surface area (Å²) in [6.45, 7) is 3.41. The molecule has 8 nitrogen and oxygen atoms in total. The molecule has 2 saturated heterocycles. The number of fused-ring (bicyclic) bond motifs is 1. The number of non-ortho nitro benzene ring substituents is 1. The Kier molecular flexibility index (Phi) is 3.26. The van der Waals surface area contributed by atoms with Crippen LogP contribution in [0, 0.1) is 10.1 Å². The first-order chi connectivity index (χ1) is 11.1. The van der Waals surface area contributed by atoms with Crippen LogP contribution in [0.1, 0.15) is 12.8 Å². The van der Waals surface area contributed by atoms with Gasteiger partial charge < -0.3 is 15.5 Å². The lowest BCUT2D eigenvalue weighted by atomic mass is 10.1. The minimum absolute atomic E-state index is 0.0800. The molecule has 0 amide bonds. The van der Waals surface area contributed by atoms with Gasteiger partial charge in [-0.2, -0.15) is 0 Å². The summed E-state index contributed by atoms with van der Waals surface area (Å²) in [7, 11) is 0. The van der Waals surface area contributed by atoms with E-state index in [-0.39, 0.29) is 16.7 Å². The normalized spacial score (nSPS) is 20.8. The number of hydrogen-bond acceptors (Lipinski definition) is 7. The quantitative estimate of drug-likeness (QED) is 0.672. The molecule has 0 radical (unpaired) electrons. The molecule has 2 fully saturated rings. The molecule has 120 valence electrons. The van der Waals surface area contributed by atoms with E-state index in [4.69, 9.17) is 5.73 Å². The maximum atomic E-state index is 11.1. The predicted molar refractivity (Wildman–Crippen MR) is 87.8 cm³/mol. The highest BCUT2D eigenvalue weighted by Gasteiger charge is 2.26. The molecule has 1 aromatic carbocycles. The van der Waals surface area contributed by atoms with Crippen LogP contribution in [0.2, 0.25) is 0 Å². The maximum Gasteiger partial charge on any atom is 0.270 e. The van der Waals surface area contributed by atoms with Crippen molar-refractivity contribution in [2.45, 2.75) is 18.9 Å². The number of nitro groups is 1. The summed E-state index contributed by atoms with van der Waals surface area (Å²) < 4.78 is 0. The average Bonchev–Trinajstić information content (AvgIpc) is 2.91. The largest absolute Gasteiger partial charge is 0.354 e. The molecule has 0 bridgehead atoms. The Morgan fingerprint density at radius 1 is 1.13 bits per heavy atom. The van der Waals surface area contributed by atoms with Crippen molar-refractivity contribution < 1.29 is 4.92 Å². The Morgan fingerprint density at radius 2 is 1.87 bits per heavy atom. The molecule has 8 heteroatoms. The van der Waals surface area contributed by atoms with Gasteiger partial charge in [-0.15, -0.1) is 10.2 Å². The minimum Gasteiger partial charge on any atom is -0.354 e. The van der Waals surface area contributed by atoms with Crippen LogP contribution in [0.3, 0.4) is 0 Å². The Bertz CT molecular complexity index is 776. The van der Waals surface area contributed by atoms with Crippen LogP contribution >= 0.6 is 0 Å². The van der Waals surface area contributed by atoms with Crippen LogP contribution in [0.25, 0.3) is 10.8 Å². The Morgan fingerprint density at radius 3 is 2.43 bits per heavy atom. The number of benzene rings is 1. The highest BCUT2D eigenvalue weighted by atomic mass is 16.6. The lowest BCUT2D eigenvalue weighted by Gasteiger charge is -2.32. The standard InChI is InChI=1S/C15H18N6O2/c16-10-4-7-20(9-10)14-12-3-2-11(21(22)23)8-13(12)15(18-17-14)19-5-1-6-19/h2-3,8,10H,1,4-7,9,16H2/t10-/m1/s1. The second-order valence-corrected chi connectivity index (χ2v) is 6.17. The zero-order valence-corrected chi connectivity index (χ0v) is 12.7. The van der Waals surface area contributed by atoms with Gasteiger partial charge >= 0.3 is 0 Å². The molecule has 0 saturated carbocycles. The van der Waals surface area contributed by atoms with Crippen molar-refractivity contribution in [2.75, 3.05) is 36.0 Å². The third-order valence-corrected chi connectivity index (χ3v) is 4.62. The molecule has 0 aliphatic carbocycles. The first kappa shape index (κ1) is 14.1. The van der Waals surface area contributed by atoms with E-state index in [2.05, 4.69) is 20.0 Å². The van der Waals surface area contributed by atoms with Gasteiger partial charge in [-0.3, -0.25) is 10.1 Å². The fourth-order valence-corrected chi connectivity index (χ4v) is 3.20. The SMILES string of the molecule is N[C@@H]1CCN(c2nnc(N3CCC3)c3cc([N+](=O)[O-])ccc23)C1. The van der Waals surface area contributed by atoms with Crippen LogP contribution < -0.4 is 15.5 Å². The molecule has 1 atom stereocenters. The molecule has 2 aromatic rings. The van der Waals surface area contributed by atoms with E-state index in [9.17, 15) is 10.1 Å².